The molecule has 6 nitrogen and oxygen atoms in total. The predicted octanol–water partition coefficient (Wildman–Crippen LogP) is 1.78. The number of piperidine rings is 1. The molecule has 0 bridgehead atoms. The van der Waals surface area contributed by atoms with Crippen LogP contribution in [0.5, 0.6) is 0 Å². The Labute approximate surface area is 152 Å². The second-order valence-corrected chi connectivity index (χ2v) is 7.15. The molecule has 0 radical (unpaired) electrons. The number of hydrogen-bond donors (Lipinski definition) is 2. The van der Waals surface area contributed by atoms with Gasteiger partial charge in [0.2, 0.25) is 5.91 Å². The van der Waals surface area contributed by atoms with Crippen LogP contribution in [-0.4, -0.2) is 58.9 Å². The van der Waals surface area contributed by atoms with Gasteiger partial charge in [0.1, 0.15) is 6.04 Å². The highest BCUT2D eigenvalue weighted by molar-refractivity contribution is 7.98. The number of nitrogens with zero attached hydrogens (tertiary/aromatic N) is 1. The highest BCUT2D eigenvalue weighted by Gasteiger charge is 2.30. The zero-order valence-electron chi connectivity index (χ0n) is 14.5. The van der Waals surface area contributed by atoms with Crippen LogP contribution in [0.1, 0.15) is 28.8 Å². The van der Waals surface area contributed by atoms with Crippen LogP contribution in [-0.2, 0) is 9.59 Å². The summed E-state index contributed by atoms with van der Waals surface area (Å²) in [6.07, 6.45) is 2.90. The monoisotopic (exact) mass is 364 g/mol. The van der Waals surface area contributed by atoms with Gasteiger partial charge in [-0.05, 0) is 37.7 Å². The lowest BCUT2D eigenvalue weighted by atomic mass is 9.94. The predicted molar refractivity (Wildman–Crippen MR) is 97.8 cm³/mol. The first-order valence-electron chi connectivity index (χ1n) is 8.31. The van der Waals surface area contributed by atoms with E-state index in [1.165, 1.54) is 11.8 Å². The van der Waals surface area contributed by atoms with Crippen LogP contribution in [0, 0.1) is 12.8 Å². The maximum atomic E-state index is 12.6. The second-order valence-electron chi connectivity index (χ2n) is 6.24. The molecule has 0 unspecified atom stereocenters. The van der Waals surface area contributed by atoms with Gasteiger partial charge in [0.25, 0.3) is 5.91 Å². The number of carbonyl (C=O) groups excluding carboxylic acids is 2. The van der Waals surface area contributed by atoms with Crippen LogP contribution in [0.2, 0.25) is 0 Å². The number of carboxylic acid groups (broad SMARTS) is 1. The first kappa shape index (κ1) is 19.3. The number of aliphatic carboxylic acids is 1. The van der Waals surface area contributed by atoms with Gasteiger partial charge in [-0.2, -0.15) is 11.8 Å². The topological polar surface area (TPSA) is 86.7 Å². The molecule has 1 aliphatic heterocycles. The molecule has 1 aromatic rings. The van der Waals surface area contributed by atoms with Crippen LogP contribution < -0.4 is 5.32 Å². The van der Waals surface area contributed by atoms with Gasteiger partial charge in [0, 0.05) is 30.3 Å². The van der Waals surface area contributed by atoms with E-state index >= 15 is 0 Å². The Kier molecular flexibility index (Phi) is 6.87. The van der Waals surface area contributed by atoms with E-state index in [2.05, 4.69) is 5.32 Å². The molecule has 2 N–H and O–H groups in total. The van der Waals surface area contributed by atoms with E-state index < -0.39 is 12.0 Å². The van der Waals surface area contributed by atoms with Crippen molar-refractivity contribution in [2.45, 2.75) is 25.8 Å². The number of likely N-dealkylation sites (tertiary alicyclic amines) is 1. The number of aryl methyl sites for hydroxylation is 1. The van der Waals surface area contributed by atoms with Gasteiger partial charge < -0.3 is 15.3 Å². The highest BCUT2D eigenvalue weighted by atomic mass is 32.2. The van der Waals surface area contributed by atoms with Gasteiger partial charge in [0.15, 0.2) is 0 Å². The zero-order valence-corrected chi connectivity index (χ0v) is 15.3. The Morgan fingerprint density at radius 2 is 1.92 bits per heavy atom. The van der Waals surface area contributed by atoms with Crippen LogP contribution in [0.3, 0.4) is 0 Å². The van der Waals surface area contributed by atoms with Crippen LogP contribution in [0.25, 0.3) is 0 Å². The summed E-state index contributed by atoms with van der Waals surface area (Å²) in [5, 5.41) is 11.7. The lowest BCUT2D eigenvalue weighted by Gasteiger charge is -2.32. The maximum Gasteiger partial charge on any atom is 0.327 e. The first-order valence-corrected chi connectivity index (χ1v) is 9.70. The minimum atomic E-state index is -1.02. The van der Waals surface area contributed by atoms with E-state index in [1.807, 2.05) is 31.2 Å². The van der Waals surface area contributed by atoms with Crippen LogP contribution >= 0.6 is 11.8 Å². The summed E-state index contributed by atoms with van der Waals surface area (Å²) in [6, 6.07) is 6.60. The fraction of sp³-hybridized carbons (Fsp3) is 0.500. The summed E-state index contributed by atoms with van der Waals surface area (Å²) in [5.74, 6) is -1.17. The minimum Gasteiger partial charge on any atom is -0.480 e. The number of nitrogens with one attached hydrogen (secondary N) is 1. The van der Waals surface area contributed by atoms with E-state index in [0.717, 1.165) is 5.56 Å². The van der Waals surface area contributed by atoms with Crippen molar-refractivity contribution < 1.29 is 19.5 Å². The Balaban J connectivity index is 1.90. The summed E-state index contributed by atoms with van der Waals surface area (Å²) in [5.41, 5.74) is 1.63. The molecule has 136 valence electrons. The van der Waals surface area contributed by atoms with E-state index in [0.29, 0.717) is 37.2 Å². The number of amides is 2. The molecule has 1 atom stereocenters. The molecule has 0 saturated carbocycles. The fourth-order valence-corrected chi connectivity index (χ4v) is 3.52. The van der Waals surface area contributed by atoms with Crippen molar-refractivity contribution in [3.05, 3.63) is 35.4 Å². The van der Waals surface area contributed by atoms with Crippen molar-refractivity contribution in [1.29, 1.82) is 0 Å². The normalized spacial score (nSPS) is 16.3. The smallest absolute Gasteiger partial charge is 0.327 e. The minimum absolute atomic E-state index is 0.0113. The quantitative estimate of drug-likeness (QED) is 0.803. The molecule has 0 aliphatic carbocycles. The number of thioether (sulfide) groups is 1. The fourth-order valence-electron chi connectivity index (χ4n) is 2.96. The Morgan fingerprint density at radius 1 is 1.28 bits per heavy atom. The lowest BCUT2D eigenvalue weighted by Crippen LogP contribution is -2.48. The molecule has 1 saturated heterocycles. The molecule has 1 aliphatic rings. The first-order chi connectivity index (χ1) is 11.9. The number of carbonyl (C=O) groups is 3. The second kappa shape index (κ2) is 8.89. The van der Waals surface area contributed by atoms with Crippen LogP contribution in [0.4, 0.5) is 0 Å². The molecule has 0 spiro atoms. The van der Waals surface area contributed by atoms with Crippen molar-refractivity contribution in [3.8, 4) is 0 Å². The average Bonchev–Trinajstić information content (AvgIpc) is 2.61. The third-order valence-electron chi connectivity index (χ3n) is 4.48. The van der Waals surface area contributed by atoms with Gasteiger partial charge in [-0.25, -0.2) is 4.79 Å². The molecule has 2 rings (SSSR count). The van der Waals surface area contributed by atoms with Crippen LogP contribution in [0.15, 0.2) is 24.3 Å². The van der Waals surface area contributed by atoms with Gasteiger partial charge >= 0.3 is 5.97 Å². The van der Waals surface area contributed by atoms with E-state index in [4.69, 9.17) is 5.11 Å². The summed E-state index contributed by atoms with van der Waals surface area (Å²) < 4.78 is 0. The van der Waals surface area contributed by atoms with E-state index in [-0.39, 0.29) is 17.7 Å². The Bertz CT molecular complexity index is 642. The molecule has 25 heavy (non-hydrogen) atoms. The number of carboxylic acids is 1. The van der Waals surface area contributed by atoms with E-state index in [9.17, 15) is 14.4 Å². The highest BCUT2D eigenvalue weighted by Crippen LogP contribution is 2.20. The summed E-state index contributed by atoms with van der Waals surface area (Å²) in [7, 11) is 0. The van der Waals surface area contributed by atoms with Crippen molar-refractivity contribution in [2.75, 3.05) is 25.1 Å². The number of rotatable bonds is 6. The summed E-state index contributed by atoms with van der Waals surface area (Å²) in [4.78, 5) is 37.8. The largest absolute Gasteiger partial charge is 0.480 e. The third kappa shape index (κ3) is 4.98. The van der Waals surface area contributed by atoms with Crippen molar-refractivity contribution in [3.63, 3.8) is 0 Å². The zero-order chi connectivity index (χ0) is 18.4. The van der Waals surface area contributed by atoms with Crippen molar-refractivity contribution >= 4 is 29.5 Å². The summed E-state index contributed by atoms with van der Waals surface area (Å²) in [6.45, 7) is 2.92. The molecular formula is C18H24N2O4S. The molecule has 2 amide bonds. The number of benzene rings is 1. The van der Waals surface area contributed by atoms with Gasteiger partial charge in [-0.3, -0.25) is 9.59 Å². The average molecular weight is 364 g/mol. The molecule has 7 heteroatoms. The molecule has 1 aromatic carbocycles. The molecule has 1 fully saturated rings. The van der Waals surface area contributed by atoms with Gasteiger partial charge in [-0.1, -0.05) is 18.2 Å². The molecular weight excluding hydrogens is 340 g/mol. The number of hydrogen-bond acceptors (Lipinski definition) is 4. The maximum absolute atomic E-state index is 12.6. The lowest BCUT2D eigenvalue weighted by molar-refractivity contribution is -0.142. The SMILES string of the molecule is CSC[C@H](NC(=O)C1CCN(C(=O)c2ccccc2C)CC1)C(=O)O. The summed E-state index contributed by atoms with van der Waals surface area (Å²) >= 11 is 1.38. The Morgan fingerprint density at radius 3 is 2.48 bits per heavy atom. The third-order valence-corrected chi connectivity index (χ3v) is 5.14. The molecule has 0 aromatic heterocycles. The van der Waals surface area contributed by atoms with Gasteiger partial charge in [-0.15, -0.1) is 0 Å². The Hall–Kier alpha value is -2.02. The van der Waals surface area contributed by atoms with Gasteiger partial charge in [0.05, 0.1) is 0 Å². The standard InChI is InChI=1S/C18H24N2O4S/c1-12-5-3-4-6-14(12)17(22)20-9-7-13(8-10-20)16(21)19-15(11-25-2)18(23)24/h3-6,13,15H,7-11H2,1-2H3,(H,19,21)(H,23,24)/t15-/m0/s1. The van der Waals surface area contributed by atoms with E-state index in [1.54, 1.807) is 11.2 Å². The van der Waals surface area contributed by atoms with Crippen molar-refractivity contribution in [1.82, 2.24) is 10.2 Å². The molecule has 1 heterocycles. The van der Waals surface area contributed by atoms with Crippen molar-refractivity contribution in [2.24, 2.45) is 5.92 Å².